The van der Waals surface area contributed by atoms with E-state index < -0.39 is 6.09 Å². The van der Waals surface area contributed by atoms with Crippen molar-refractivity contribution in [2.45, 2.75) is 13.3 Å². The van der Waals surface area contributed by atoms with Crippen molar-refractivity contribution in [3.05, 3.63) is 28.2 Å². The van der Waals surface area contributed by atoms with Gasteiger partial charge in [-0.05, 0) is 24.1 Å². The Morgan fingerprint density at radius 3 is 2.79 bits per heavy atom. The second-order valence-electron chi connectivity index (χ2n) is 2.78. The molecule has 0 aliphatic rings. The van der Waals surface area contributed by atoms with Crippen LogP contribution in [0.15, 0.2) is 22.7 Å². The lowest BCUT2D eigenvalue weighted by Gasteiger charge is -2.06. The molecule has 0 aliphatic carbocycles. The molecule has 3 nitrogen and oxygen atoms in total. The molecule has 0 saturated heterocycles. The summed E-state index contributed by atoms with van der Waals surface area (Å²) in [6.45, 7) is 2.08. The predicted octanol–water partition coefficient (Wildman–Crippen LogP) is 3.19. The topological polar surface area (TPSA) is 38.3 Å². The summed E-state index contributed by atoms with van der Waals surface area (Å²) in [5, 5.41) is 2.59. The number of methoxy groups -OCH3 is 1. The lowest BCUT2D eigenvalue weighted by Crippen LogP contribution is -2.10. The average molecular weight is 258 g/mol. The number of hydrogen-bond donors (Lipinski definition) is 1. The predicted molar refractivity (Wildman–Crippen MR) is 59.5 cm³/mol. The number of nitrogens with one attached hydrogen (secondary N) is 1. The number of hydrogen-bond acceptors (Lipinski definition) is 2. The van der Waals surface area contributed by atoms with E-state index in [2.05, 4.69) is 32.9 Å². The van der Waals surface area contributed by atoms with E-state index in [0.29, 0.717) is 0 Å². The van der Waals surface area contributed by atoms with Crippen LogP contribution in [0.3, 0.4) is 0 Å². The van der Waals surface area contributed by atoms with Crippen LogP contribution < -0.4 is 5.32 Å². The van der Waals surface area contributed by atoms with Crippen molar-refractivity contribution in [2.24, 2.45) is 0 Å². The molecule has 0 atom stereocenters. The Morgan fingerprint density at radius 1 is 1.57 bits per heavy atom. The first kappa shape index (κ1) is 11.0. The van der Waals surface area contributed by atoms with E-state index in [9.17, 15) is 4.79 Å². The van der Waals surface area contributed by atoms with Crippen LogP contribution in [0.4, 0.5) is 10.5 Å². The first-order valence-corrected chi connectivity index (χ1v) is 5.10. The van der Waals surface area contributed by atoms with Gasteiger partial charge in [0.25, 0.3) is 0 Å². The number of carbonyl (C=O) groups excluding carboxylic acids is 1. The monoisotopic (exact) mass is 257 g/mol. The Kier molecular flexibility index (Phi) is 3.95. The molecule has 1 aromatic rings. The third-order valence-electron chi connectivity index (χ3n) is 1.87. The molecule has 76 valence electrons. The van der Waals surface area contributed by atoms with Gasteiger partial charge in [0, 0.05) is 10.2 Å². The van der Waals surface area contributed by atoms with Crippen molar-refractivity contribution in [2.75, 3.05) is 12.4 Å². The van der Waals surface area contributed by atoms with Gasteiger partial charge < -0.3 is 4.74 Å². The van der Waals surface area contributed by atoms with Gasteiger partial charge in [-0.1, -0.05) is 28.9 Å². The van der Waals surface area contributed by atoms with Crippen LogP contribution in [-0.4, -0.2) is 13.2 Å². The molecular formula is C10H12BrNO2. The first-order valence-electron chi connectivity index (χ1n) is 4.30. The number of aryl methyl sites for hydroxylation is 1. The van der Waals surface area contributed by atoms with Gasteiger partial charge in [0.2, 0.25) is 0 Å². The Bertz CT molecular complexity index is 339. The van der Waals surface area contributed by atoms with E-state index in [1.807, 2.05) is 18.2 Å². The highest BCUT2D eigenvalue weighted by Gasteiger charge is 2.03. The maximum absolute atomic E-state index is 10.9. The van der Waals surface area contributed by atoms with Gasteiger partial charge in [-0.25, -0.2) is 4.79 Å². The fourth-order valence-corrected chi connectivity index (χ4v) is 1.74. The van der Waals surface area contributed by atoms with Gasteiger partial charge in [-0.15, -0.1) is 0 Å². The van der Waals surface area contributed by atoms with E-state index in [0.717, 1.165) is 16.6 Å². The average Bonchev–Trinajstić information content (AvgIpc) is 2.18. The molecule has 0 fully saturated rings. The van der Waals surface area contributed by atoms with E-state index in [-0.39, 0.29) is 0 Å². The summed E-state index contributed by atoms with van der Waals surface area (Å²) >= 11 is 3.43. The number of carbonyl (C=O) groups is 1. The van der Waals surface area contributed by atoms with Gasteiger partial charge in [0.15, 0.2) is 0 Å². The molecule has 4 heteroatoms. The van der Waals surface area contributed by atoms with Crippen molar-refractivity contribution < 1.29 is 9.53 Å². The standard InChI is InChI=1S/C10H12BrNO2/c1-3-7-4-5-8(6-9(7)11)12-10(13)14-2/h4-6H,3H2,1-2H3,(H,12,13). The van der Waals surface area contributed by atoms with Gasteiger partial charge in [-0.2, -0.15) is 0 Å². The van der Waals surface area contributed by atoms with Crippen molar-refractivity contribution in [3.63, 3.8) is 0 Å². The zero-order valence-electron chi connectivity index (χ0n) is 8.13. The smallest absolute Gasteiger partial charge is 0.411 e. The third kappa shape index (κ3) is 2.73. The maximum Gasteiger partial charge on any atom is 0.411 e. The summed E-state index contributed by atoms with van der Waals surface area (Å²) in [4.78, 5) is 10.9. The highest BCUT2D eigenvalue weighted by molar-refractivity contribution is 9.10. The second kappa shape index (κ2) is 5.00. The van der Waals surface area contributed by atoms with Crippen LogP contribution >= 0.6 is 15.9 Å². The SMILES string of the molecule is CCc1ccc(NC(=O)OC)cc1Br. The van der Waals surface area contributed by atoms with Gasteiger partial charge in [0.1, 0.15) is 0 Å². The van der Waals surface area contributed by atoms with E-state index in [1.165, 1.54) is 12.7 Å². The van der Waals surface area contributed by atoms with Crippen LogP contribution in [0.5, 0.6) is 0 Å². The third-order valence-corrected chi connectivity index (χ3v) is 2.60. The molecule has 1 rings (SSSR count). The molecule has 0 bridgehead atoms. The molecule has 1 N–H and O–H groups in total. The minimum absolute atomic E-state index is 0.457. The summed E-state index contributed by atoms with van der Waals surface area (Å²) in [6.07, 6.45) is 0.500. The molecule has 1 aromatic carbocycles. The zero-order chi connectivity index (χ0) is 10.6. The number of ether oxygens (including phenoxy) is 1. The fourth-order valence-electron chi connectivity index (χ4n) is 1.08. The largest absolute Gasteiger partial charge is 0.453 e. The summed E-state index contributed by atoms with van der Waals surface area (Å²) < 4.78 is 5.48. The first-order chi connectivity index (χ1) is 6.67. The minimum atomic E-state index is -0.457. The second-order valence-corrected chi connectivity index (χ2v) is 3.63. The molecule has 0 radical (unpaired) electrons. The normalized spacial score (nSPS) is 9.64. The zero-order valence-corrected chi connectivity index (χ0v) is 9.72. The van der Waals surface area contributed by atoms with E-state index in [1.54, 1.807) is 0 Å². The van der Waals surface area contributed by atoms with Crippen molar-refractivity contribution in [3.8, 4) is 0 Å². The fraction of sp³-hybridized carbons (Fsp3) is 0.300. The van der Waals surface area contributed by atoms with Crippen LogP contribution in [0.1, 0.15) is 12.5 Å². The summed E-state index contributed by atoms with van der Waals surface area (Å²) in [6, 6.07) is 5.67. The molecule has 14 heavy (non-hydrogen) atoms. The molecular weight excluding hydrogens is 246 g/mol. The van der Waals surface area contributed by atoms with Gasteiger partial charge in [0.05, 0.1) is 7.11 Å². The van der Waals surface area contributed by atoms with Crippen LogP contribution in [0, 0.1) is 0 Å². The highest BCUT2D eigenvalue weighted by atomic mass is 79.9. The minimum Gasteiger partial charge on any atom is -0.453 e. The Balaban J connectivity index is 2.81. The number of anilines is 1. The molecule has 0 saturated carbocycles. The number of benzene rings is 1. The molecule has 0 heterocycles. The Labute approximate surface area is 91.6 Å². The van der Waals surface area contributed by atoms with Crippen molar-refractivity contribution in [1.29, 1.82) is 0 Å². The summed E-state index contributed by atoms with van der Waals surface area (Å²) in [7, 11) is 1.34. The van der Waals surface area contributed by atoms with Crippen molar-refractivity contribution in [1.82, 2.24) is 0 Å². The lowest BCUT2D eigenvalue weighted by atomic mass is 10.1. The van der Waals surface area contributed by atoms with E-state index in [4.69, 9.17) is 0 Å². The Morgan fingerprint density at radius 2 is 2.29 bits per heavy atom. The number of rotatable bonds is 2. The number of halogens is 1. The van der Waals surface area contributed by atoms with Crippen LogP contribution in [-0.2, 0) is 11.2 Å². The molecule has 0 unspecified atom stereocenters. The maximum atomic E-state index is 10.9. The summed E-state index contributed by atoms with van der Waals surface area (Å²) in [5.41, 5.74) is 1.93. The van der Waals surface area contributed by atoms with E-state index >= 15 is 0 Å². The van der Waals surface area contributed by atoms with Gasteiger partial charge >= 0.3 is 6.09 Å². The highest BCUT2D eigenvalue weighted by Crippen LogP contribution is 2.21. The molecule has 0 spiro atoms. The molecule has 0 aromatic heterocycles. The summed E-state index contributed by atoms with van der Waals surface area (Å²) in [5.74, 6) is 0. The molecule has 0 aliphatic heterocycles. The van der Waals surface area contributed by atoms with Gasteiger partial charge in [-0.3, -0.25) is 5.32 Å². The van der Waals surface area contributed by atoms with Crippen LogP contribution in [0.25, 0.3) is 0 Å². The quantitative estimate of drug-likeness (QED) is 0.884. The Hall–Kier alpha value is -1.03. The number of amides is 1. The lowest BCUT2D eigenvalue weighted by molar-refractivity contribution is 0.187. The molecule has 1 amide bonds. The van der Waals surface area contributed by atoms with Crippen LogP contribution in [0.2, 0.25) is 0 Å². The van der Waals surface area contributed by atoms with Crippen molar-refractivity contribution >= 4 is 27.7 Å².